The third-order valence-corrected chi connectivity index (χ3v) is 4.85. The van der Waals surface area contributed by atoms with Crippen LogP contribution in [0.4, 0.5) is 0 Å². The Labute approximate surface area is 113 Å². The zero-order valence-corrected chi connectivity index (χ0v) is 11.6. The minimum absolute atomic E-state index is 0.621. The Bertz CT molecular complexity index is 644. The summed E-state index contributed by atoms with van der Waals surface area (Å²) in [5, 5.41) is 1.41. The molecule has 0 radical (unpaired) electrons. The summed E-state index contributed by atoms with van der Waals surface area (Å²) in [4.78, 5) is 2.52. The molecule has 1 aromatic heterocycles. The van der Waals surface area contributed by atoms with Gasteiger partial charge in [-0.05, 0) is 50.1 Å². The molecule has 0 saturated carbocycles. The van der Waals surface area contributed by atoms with Gasteiger partial charge in [-0.2, -0.15) is 0 Å². The maximum Gasteiger partial charge on any atom is 0.119 e. The molecule has 2 aliphatic rings. The predicted molar refractivity (Wildman–Crippen MR) is 76.8 cm³/mol. The number of aromatic nitrogens is 1. The summed E-state index contributed by atoms with van der Waals surface area (Å²) in [6, 6.07) is 7.16. The monoisotopic (exact) mass is 256 g/mol. The van der Waals surface area contributed by atoms with Crippen molar-refractivity contribution in [1.82, 2.24) is 9.47 Å². The van der Waals surface area contributed by atoms with Crippen molar-refractivity contribution in [3.8, 4) is 5.75 Å². The van der Waals surface area contributed by atoms with Crippen LogP contribution in [0.1, 0.15) is 30.1 Å². The van der Waals surface area contributed by atoms with E-state index in [-0.39, 0.29) is 0 Å². The Hall–Kier alpha value is -1.48. The number of fused-ring (bicyclic) bond motifs is 3. The van der Waals surface area contributed by atoms with Crippen molar-refractivity contribution >= 4 is 10.9 Å². The quantitative estimate of drug-likeness (QED) is 0.780. The van der Waals surface area contributed by atoms with Gasteiger partial charge in [0, 0.05) is 29.7 Å². The fraction of sp³-hybridized carbons (Fsp3) is 0.500. The second kappa shape index (κ2) is 4.01. The van der Waals surface area contributed by atoms with Gasteiger partial charge in [0.1, 0.15) is 5.75 Å². The molecule has 0 spiro atoms. The number of hydrogen-bond acceptors (Lipinski definition) is 2. The van der Waals surface area contributed by atoms with Crippen molar-refractivity contribution in [3.63, 3.8) is 0 Å². The number of likely N-dealkylation sites (N-methyl/N-ethyl adjacent to an activating group) is 1. The van der Waals surface area contributed by atoms with Crippen LogP contribution in [-0.4, -0.2) is 30.2 Å². The number of hydrogen-bond donors (Lipinski definition) is 0. The van der Waals surface area contributed by atoms with E-state index in [0.29, 0.717) is 6.04 Å². The van der Waals surface area contributed by atoms with Gasteiger partial charge in [0.15, 0.2) is 0 Å². The summed E-state index contributed by atoms with van der Waals surface area (Å²) in [5.41, 5.74) is 4.53. The molecular formula is C16H20N2O. The van der Waals surface area contributed by atoms with Crippen LogP contribution in [0, 0.1) is 0 Å². The van der Waals surface area contributed by atoms with Crippen LogP contribution in [0.15, 0.2) is 18.2 Å². The lowest BCUT2D eigenvalue weighted by Gasteiger charge is -2.37. The average molecular weight is 256 g/mol. The lowest BCUT2D eigenvalue weighted by atomic mass is 9.90. The molecule has 1 unspecified atom stereocenters. The van der Waals surface area contributed by atoms with E-state index in [1.807, 2.05) is 0 Å². The SMILES string of the molecule is COc1ccc2c(c1)c1c3n2CCN(C)C3CCC1. The molecular weight excluding hydrogens is 236 g/mol. The average Bonchev–Trinajstić information content (AvgIpc) is 2.78. The van der Waals surface area contributed by atoms with Crippen molar-refractivity contribution in [2.45, 2.75) is 31.8 Å². The van der Waals surface area contributed by atoms with Gasteiger partial charge in [-0.25, -0.2) is 0 Å². The van der Waals surface area contributed by atoms with Gasteiger partial charge in [0.25, 0.3) is 0 Å². The van der Waals surface area contributed by atoms with Crippen LogP contribution < -0.4 is 4.74 Å². The van der Waals surface area contributed by atoms with Crippen LogP contribution in [0.5, 0.6) is 5.75 Å². The topological polar surface area (TPSA) is 17.4 Å². The minimum Gasteiger partial charge on any atom is -0.497 e. The molecule has 19 heavy (non-hydrogen) atoms. The largest absolute Gasteiger partial charge is 0.497 e. The van der Waals surface area contributed by atoms with Gasteiger partial charge >= 0.3 is 0 Å². The van der Waals surface area contributed by atoms with Crippen LogP contribution in [-0.2, 0) is 13.0 Å². The molecule has 0 N–H and O–H groups in total. The molecule has 1 atom stereocenters. The first-order valence-corrected chi connectivity index (χ1v) is 7.19. The van der Waals surface area contributed by atoms with E-state index in [1.54, 1.807) is 18.4 Å². The first-order valence-electron chi connectivity index (χ1n) is 7.19. The highest BCUT2D eigenvalue weighted by atomic mass is 16.5. The lowest BCUT2D eigenvalue weighted by Crippen LogP contribution is -2.36. The summed E-state index contributed by atoms with van der Waals surface area (Å²) in [7, 11) is 4.01. The summed E-state index contributed by atoms with van der Waals surface area (Å²) in [6.07, 6.45) is 3.83. The van der Waals surface area contributed by atoms with Crippen molar-refractivity contribution in [2.24, 2.45) is 0 Å². The molecule has 0 amide bonds. The molecule has 1 aliphatic heterocycles. The van der Waals surface area contributed by atoms with Gasteiger partial charge in [-0.3, -0.25) is 4.90 Å². The van der Waals surface area contributed by atoms with Gasteiger partial charge < -0.3 is 9.30 Å². The summed E-state index contributed by atoms with van der Waals surface area (Å²) >= 11 is 0. The highest BCUT2D eigenvalue weighted by Gasteiger charge is 2.32. The first kappa shape index (κ1) is 11.4. The van der Waals surface area contributed by atoms with Crippen molar-refractivity contribution in [1.29, 1.82) is 0 Å². The van der Waals surface area contributed by atoms with Crippen molar-refractivity contribution in [2.75, 3.05) is 20.7 Å². The van der Waals surface area contributed by atoms with Gasteiger partial charge in [0.05, 0.1) is 13.2 Å². The van der Waals surface area contributed by atoms with Crippen LogP contribution in [0.25, 0.3) is 10.9 Å². The number of benzene rings is 1. The van der Waals surface area contributed by atoms with E-state index < -0.39 is 0 Å². The Morgan fingerprint density at radius 3 is 3.00 bits per heavy atom. The summed E-state index contributed by atoms with van der Waals surface area (Å²) in [6.45, 7) is 2.28. The predicted octanol–water partition coefficient (Wildman–Crippen LogP) is 2.97. The second-order valence-corrected chi connectivity index (χ2v) is 5.79. The zero-order chi connectivity index (χ0) is 13.0. The number of nitrogens with zero attached hydrogens (tertiary/aromatic N) is 2. The summed E-state index contributed by atoms with van der Waals surface area (Å²) < 4.78 is 7.95. The van der Waals surface area contributed by atoms with E-state index >= 15 is 0 Å². The molecule has 4 rings (SSSR count). The van der Waals surface area contributed by atoms with Crippen molar-refractivity contribution in [3.05, 3.63) is 29.5 Å². The number of rotatable bonds is 1. The number of methoxy groups -OCH3 is 1. The van der Waals surface area contributed by atoms with Crippen LogP contribution >= 0.6 is 0 Å². The standard InChI is InChI=1S/C16H20N2O/c1-17-8-9-18-14-7-6-11(19-2)10-13(14)12-4-3-5-15(17)16(12)18/h6-7,10,15H,3-5,8-9H2,1-2H3. The van der Waals surface area contributed by atoms with Gasteiger partial charge in [-0.15, -0.1) is 0 Å². The Morgan fingerprint density at radius 1 is 1.26 bits per heavy atom. The molecule has 2 aromatic rings. The van der Waals surface area contributed by atoms with Crippen molar-refractivity contribution < 1.29 is 4.74 Å². The molecule has 2 heterocycles. The highest BCUT2D eigenvalue weighted by molar-refractivity contribution is 5.87. The number of ether oxygens (including phenoxy) is 1. The molecule has 1 aliphatic carbocycles. The lowest BCUT2D eigenvalue weighted by molar-refractivity contribution is 0.178. The van der Waals surface area contributed by atoms with Crippen LogP contribution in [0.3, 0.4) is 0 Å². The normalized spacial score (nSPS) is 22.5. The molecule has 3 heteroatoms. The third kappa shape index (κ3) is 1.48. The maximum absolute atomic E-state index is 5.40. The Morgan fingerprint density at radius 2 is 2.16 bits per heavy atom. The zero-order valence-electron chi connectivity index (χ0n) is 11.6. The number of aryl methyl sites for hydroxylation is 1. The van der Waals surface area contributed by atoms with E-state index in [2.05, 4.69) is 34.7 Å². The third-order valence-electron chi connectivity index (χ3n) is 4.85. The second-order valence-electron chi connectivity index (χ2n) is 5.79. The molecule has 0 fully saturated rings. The smallest absolute Gasteiger partial charge is 0.119 e. The molecule has 1 aromatic carbocycles. The Kier molecular flexibility index (Phi) is 2.39. The first-order chi connectivity index (χ1) is 9.29. The van der Waals surface area contributed by atoms with Gasteiger partial charge in [-0.1, -0.05) is 0 Å². The van der Waals surface area contributed by atoms with Gasteiger partial charge in [0.2, 0.25) is 0 Å². The molecule has 0 bridgehead atoms. The van der Waals surface area contributed by atoms with E-state index in [0.717, 1.165) is 18.8 Å². The van der Waals surface area contributed by atoms with E-state index in [1.165, 1.54) is 30.2 Å². The molecule has 0 saturated heterocycles. The Balaban J connectivity index is 2.03. The fourth-order valence-electron chi connectivity index (χ4n) is 3.89. The minimum atomic E-state index is 0.621. The van der Waals surface area contributed by atoms with E-state index in [4.69, 9.17) is 4.74 Å². The highest BCUT2D eigenvalue weighted by Crippen LogP contribution is 2.42. The summed E-state index contributed by atoms with van der Waals surface area (Å²) in [5.74, 6) is 0.974. The maximum atomic E-state index is 5.40. The molecule has 3 nitrogen and oxygen atoms in total. The van der Waals surface area contributed by atoms with Crippen LogP contribution in [0.2, 0.25) is 0 Å². The van der Waals surface area contributed by atoms with E-state index in [9.17, 15) is 0 Å². The molecule has 100 valence electrons. The fourth-order valence-corrected chi connectivity index (χ4v) is 3.89.